The maximum Gasteiger partial charge on any atom is 0.238 e. The fraction of sp³-hybridized carbons (Fsp3) is 0.417. The molecule has 0 spiro atoms. The molecule has 1 aromatic carbocycles. The smallest absolute Gasteiger partial charge is 0.238 e. The van der Waals surface area contributed by atoms with Crippen molar-refractivity contribution in [2.75, 3.05) is 18.2 Å². The van der Waals surface area contributed by atoms with Crippen LogP contribution >= 0.6 is 24.2 Å². The number of hydrogen-bond acceptors (Lipinski definition) is 3. The van der Waals surface area contributed by atoms with Gasteiger partial charge in [-0.05, 0) is 24.1 Å². The van der Waals surface area contributed by atoms with Crippen LogP contribution in [0.4, 0.5) is 8.78 Å². The molecule has 0 aromatic heterocycles. The highest BCUT2D eigenvalue weighted by molar-refractivity contribution is 7.99. The first-order chi connectivity index (χ1) is 8.65. The van der Waals surface area contributed by atoms with Gasteiger partial charge >= 0.3 is 0 Å². The molecule has 0 aliphatic carbocycles. The minimum absolute atomic E-state index is 0. The lowest BCUT2D eigenvalue weighted by molar-refractivity contribution is -0.122. The Balaban J connectivity index is 0.00000180. The van der Waals surface area contributed by atoms with Gasteiger partial charge in [0.25, 0.3) is 0 Å². The van der Waals surface area contributed by atoms with E-state index in [-0.39, 0.29) is 24.4 Å². The second-order valence-corrected chi connectivity index (χ2v) is 5.12. The molecule has 1 saturated heterocycles. The van der Waals surface area contributed by atoms with Crippen LogP contribution in [0.3, 0.4) is 0 Å². The van der Waals surface area contributed by atoms with Crippen LogP contribution in [0.1, 0.15) is 5.56 Å². The number of carbonyl (C=O) groups excluding carboxylic acids is 1. The highest BCUT2D eigenvalue weighted by Gasteiger charge is 2.21. The third-order valence-corrected chi connectivity index (χ3v) is 3.61. The molecule has 3 nitrogen and oxygen atoms in total. The lowest BCUT2D eigenvalue weighted by atomic mass is 10.1. The van der Waals surface area contributed by atoms with Gasteiger partial charge in [0, 0.05) is 24.2 Å². The third kappa shape index (κ3) is 4.97. The summed E-state index contributed by atoms with van der Waals surface area (Å²) in [5, 5.41) is 5.81. The Morgan fingerprint density at radius 3 is 2.63 bits per heavy atom. The first kappa shape index (κ1) is 16.2. The monoisotopic (exact) mass is 308 g/mol. The molecule has 1 aliphatic rings. The Labute approximate surface area is 120 Å². The molecule has 1 heterocycles. The number of nitrogens with one attached hydrogen (secondary N) is 2. The Kier molecular flexibility index (Phi) is 6.54. The van der Waals surface area contributed by atoms with Crippen LogP contribution in [0.5, 0.6) is 0 Å². The molecule has 1 atom stereocenters. The summed E-state index contributed by atoms with van der Waals surface area (Å²) in [5.41, 5.74) is 0.543. The molecule has 2 N–H and O–H groups in total. The predicted molar refractivity (Wildman–Crippen MR) is 74.6 cm³/mol. The number of rotatable bonds is 4. The van der Waals surface area contributed by atoms with Crippen molar-refractivity contribution in [3.8, 4) is 0 Å². The molecule has 1 unspecified atom stereocenters. The van der Waals surface area contributed by atoms with E-state index in [2.05, 4.69) is 10.6 Å². The molecule has 0 saturated carbocycles. The van der Waals surface area contributed by atoms with Crippen LogP contribution in [0.2, 0.25) is 0 Å². The SMILES string of the molecule is Cl.O=C(NCCc1cc(F)cc(F)c1)C1CSCN1. The number of halogens is 3. The second kappa shape index (κ2) is 7.67. The second-order valence-electron chi connectivity index (χ2n) is 4.09. The minimum Gasteiger partial charge on any atom is -0.354 e. The van der Waals surface area contributed by atoms with E-state index in [0.29, 0.717) is 18.5 Å². The summed E-state index contributed by atoms with van der Waals surface area (Å²) in [5.74, 6) is 0.306. The molecule has 19 heavy (non-hydrogen) atoms. The lowest BCUT2D eigenvalue weighted by Gasteiger charge is -2.10. The molecule has 1 aliphatic heterocycles. The Hall–Kier alpha value is -0.850. The van der Waals surface area contributed by atoms with Crippen molar-refractivity contribution in [2.24, 2.45) is 0 Å². The van der Waals surface area contributed by atoms with E-state index in [0.717, 1.165) is 17.7 Å². The third-order valence-electron chi connectivity index (χ3n) is 2.67. The van der Waals surface area contributed by atoms with Crippen molar-refractivity contribution in [1.29, 1.82) is 0 Å². The van der Waals surface area contributed by atoms with Gasteiger partial charge < -0.3 is 5.32 Å². The molecular weight excluding hydrogens is 294 g/mol. The first-order valence-electron chi connectivity index (χ1n) is 5.69. The lowest BCUT2D eigenvalue weighted by Crippen LogP contribution is -2.42. The van der Waals surface area contributed by atoms with Crippen molar-refractivity contribution in [2.45, 2.75) is 12.5 Å². The summed E-state index contributed by atoms with van der Waals surface area (Å²) in [7, 11) is 0. The Morgan fingerprint density at radius 2 is 2.05 bits per heavy atom. The molecule has 1 aromatic rings. The molecule has 1 amide bonds. The van der Waals surface area contributed by atoms with Gasteiger partial charge in [-0.3, -0.25) is 10.1 Å². The molecule has 1 fully saturated rings. The predicted octanol–water partition coefficient (Wildman–Crippen LogP) is 1.71. The van der Waals surface area contributed by atoms with Crippen molar-refractivity contribution in [3.05, 3.63) is 35.4 Å². The maximum atomic E-state index is 12.9. The number of benzene rings is 1. The molecule has 106 valence electrons. The van der Waals surface area contributed by atoms with Gasteiger partial charge in [-0.25, -0.2) is 8.78 Å². The average molecular weight is 309 g/mol. The minimum atomic E-state index is -0.592. The molecule has 2 rings (SSSR count). The largest absolute Gasteiger partial charge is 0.354 e. The zero-order valence-corrected chi connectivity index (χ0v) is 11.8. The van der Waals surface area contributed by atoms with Gasteiger partial charge in [-0.2, -0.15) is 0 Å². The van der Waals surface area contributed by atoms with Gasteiger partial charge in [-0.1, -0.05) is 0 Å². The number of carbonyl (C=O) groups is 1. The highest BCUT2D eigenvalue weighted by atomic mass is 35.5. The normalized spacial score (nSPS) is 17.9. The number of hydrogen-bond donors (Lipinski definition) is 2. The summed E-state index contributed by atoms with van der Waals surface area (Å²) in [6.07, 6.45) is 0.417. The molecule has 0 radical (unpaired) electrons. The van der Waals surface area contributed by atoms with E-state index in [1.165, 1.54) is 12.1 Å². The van der Waals surface area contributed by atoms with Crippen LogP contribution in [-0.2, 0) is 11.2 Å². The number of thioether (sulfide) groups is 1. The van der Waals surface area contributed by atoms with Gasteiger partial charge in [-0.15, -0.1) is 24.2 Å². The van der Waals surface area contributed by atoms with Crippen LogP contribution in [-0.4, -0.2) is 30.1 Å². The van der Waals surface area contributed by atoms with Crippen LogP contribution < -0.4 is 10.6 Å². The summed E-state index contributed by atoms with van der Waals surface area (Å²) in [6.45, 7) is 0.380. The van der Waals surface area contributed by atoms with Crippen LogP contribution in [0.25, 0.3) is 0 Å². The standard InChI is InChI=1S/C12H14F2N2OS.ClH/c13-9-3-8(4-10(14)5-9)1-2-15-12(17)11-6-18-7-16-11;/h3-5,11,16H,1-2,6-7H2,(H,15,17);1H. The summed E-state index contributed by atoms with van der Waals surface area (Å²) < 4.78 is 25.8. The average Bonchev–Trinajstić information content (AvgIpc) is 2.80. The summed E-state index contributed by atoms with van der Waals surface area (Å²) in [4.78, 5) is 11.6. The van der Waals surface area contributed by atoms with Gasteiger partial charge in [0.05, 0.1) is 6.04 Å². The van der Waals surface area contributed by atoms with Crippen molar-refractivity contribution in [1.82, 2.24) is 10.6 Å². The zero-order chi connectivity index (χ0) is 13.0. The van der Waals surface area contributed by atoms with Crippen molar-refractivity contribution < 1.29 is 13.6 Å². The van der Waals surface area contributed by atoms with E-state index >= 15 is 0 Å². The quantitative estimate of drug-likeness (QED) is 0.890. The van der Waals surface area contributed by atoms with E-state index in [1.54, 1.807) is 11.8 Å². The fourth-order valence-corrected chi connectivity index (χ4v) is 2.71. The zero-order valence-electron chi connectivity index (χ0n) is 10.1. The van der Waals surface area contributed by atoms with Gasteiger partial charge in [0.15, 0.2) is 0 Å². The summed E-state index contributed by atoms with van der Waals surface area (Å²) in [6, 6.07) is 3.23. The molecule has 0 bridgehead atoms. The summed E-state index contributed by atoms with van der Waals surface area (Å²) >= 11 is 1.67. The molecular formula is C12H15ClF2N2OS. The van der Waals surface area contributed by atoms with E-state index in [1.807, 2.05) is 0 Å². The van der Waals surface area contributed by atoms with Gasteiger partial charge in [0.2, 0.25) is 5.91 Å². The fourth-order valence-electron chi connectivity index (χ4n) is 1.77. The number of amides is 1. The van der Waals surface area contributed by atoms with Gasteiger partial charge in [0.1, 0.15) is 11.6 Å². The highest BCUT2D eigenvalue weighted by Crippen LogP contribution is 2.10. The first-order valence-corrected chi connectivity index (χ1v) is 6.84. The van der Waals surface area contributed by atoms with Crippen molar-refractivity contribution in [3.63, 3.8) is 0 Å². The van der Waals surface area contributed by atoms with E-state index in [9.17, 15) is 13.6 Å². The van der Waals surface area contributed by atoms with E-state index in [4.69, 9.17) is 0 Å². The maximum absolute atomic E-state index is 12.9. The van der Waals surface area contributed by atoms with Crippen LogP contribution in [0.15, 0.2) is 18.2 Å². The van der Waals surface area contributed by atoms with Crippen molar-refractivity contribution >= 4 is 30.1 Å². The topological polar surface area (TPSA) is 41.1 Å². The molecule has 7 heteroatoms. The van der Waals surface area contributed by atoms with E-state index < -0.39 is 11.6 Å². The Bertz CT molecular complexity index is 421. The Morgan fingerprint density at radius 1 is 1.37 bits per heavy atom. The van der Waals surface area contributed by atoms with Crippen LogP contribution in [0, 0.1) is 11.6 Å².